The van der Waals surface area contributed by atoms with Crippen molar-refractivity contribution in [1.82, 2.24) is 0 Å². The van der Waals surface area contributed by atoms with Crippen molar-refractivity contribution in [2.75, 3.05) is 0 Å². The normalized spacial score (nSPS) is 27.7. The minimum Gasteiger partial charge on any atom is -0.425 e. The van der Waals surface area contributed by atoms with Gasteiger partial charge in [-0.3, -0.25) is 9.59 Å². The van der Waals surface area contributed by atoms with Gasteiger partial charge in [-0.15, -0.1) is 0 Å². The number of nitrogens with zero attached hydrogens (tertiary/aromatic N) is 2. The first kappa shape index (κ1) is 36.6. The lowest BCUT2D eigenvalue weighted by Crippen LogP contribution is -2.52. The third-order valence-electron chi connectivity index (χ3n) is 13.8. The molecule has 8 heteroatoms. The highest BCUT2D eigenvalue weighted by Gasteiger charge is 2.71. The topological polar surface area (TPSA) is 100 Å². The van der Waals surface area contributed by atoms with Crippen molar-refractivity contribution in [3.63, 3.8) is 0 Å². The summed E-state index contributed by atoms with van der Waals surface area (Å²) in [4.78, 5) is 30.1. The zero-order valence-electron chi connectivity index (χ0n) is 31.8. The largest absolute Gasteiger partial charge is 0.425 e. The molecule has 55 heavy (non-hydrogen) atoms. The van der Waals surface area contributed by atoms with Gasteiger partial charge in [0.1, 0.15) is 29.2 Å². The fraction of sp³-hybridized carbons (Fsp3) is 0.489. The summed E-state index contributed by atoms with van der Waals surface area (Å²) in [5.74, 6) is 1.42. The van der Waals surface area contributed by atoms with Crippen molar-refractivity contribution in [2.45, 2.75) is 131 Å². The zero-order chi connectivity index (χ0) is 37.8. The summed E-state index contributed by atoms with van der Waals surface area (Å²) < 4.78 is 14.0. The minimum atomic E-state index is -0.347. The Kier molecular flexibility index (Phi) is 9.88. The first-order chi connectivity index (χ1) is 26.9. The molecular formula is C47H48N2O4S2. The van der Waals surface area contributed by atoms with E-state index in [2.05, 4.69) is 74.5 Å². The Bertz CT molecular complexity index is 2030. The van der Waals surface area contributed by atoms with Crippen molar-refractivity contribution in [3.8, 4) is 23.6 Å². The Labute approximate surface area is 333 Å². The molecule has 3 aromatic rings. The summed E-state index contributed by atoms with van der Waals surface area (Å²) in [7, 11) is 0. The van der Waals surface area contributed by atoms with E-state index >= 15 is 0 Å². The molecule has 0 N–H and O–H groups in total. The lowest BCUT2D eigenvalue weighted by Gasteiger charge is -2.58. The second-order valence-corrected chi connectivity index (χ2v) is 19.0. The summed E-state index contributed by atoms with van der Waals surface area (Å²) in [5, 5.41) is 20.0. The maximum Gasteiger partial charge on any atom is 0.314 e. The highest BCUT2D eigenvalue weighted by Crippen LogP contribution is 2.81. The maximum atomic E-state index is 14.4. The molecule has 282 valence electrons. The molecule has 0 amide bonds. The van der Waals surface area contributed by atoms with Gasteiger partial charge >= 0.3 is 11.9 Å². The maximum absolute atomic E-state index is 14.4. The molecule has 2 unspecified atom stereocenters. The molecule has 0 saturated heterocycles. The first-order valence-corrected chi connectivity index (χ1v) is 22.3. The van der Waals surface area contributed by atoms with E-state index in [1.165, 1.54) is 84.3 Å². The van der Waals surface area contributed by atoms with Crippen LogP contribution in [0.15, 0.2) is 68.1 Å². The molecule has 6 nitrogen and oxygen atoms in total. The van der Waals surface area contributed by atoms with Crippen molar-refractivity contribution >= 4 is 35.5 Å². The van der Waals surface area contributed by atoms with Crippen LogP contribution in [0.2, 0.25) is 0 Å². The lowest BCUT2D eigenvalue weighted by atomic mass is 9.43. The molecule has 1 heterocycles. The molecule has 3 aromatic carbocycles. The van der Waals surface area contributed by atoms with E-state index in [0.29, 0.717) is 37.4 Å². The number of thioether (sulfide) groups is 2. The van der Waals surface area contributed by atoms with Crippen LogP contribution in [0.3, 0.4) is 0 Å². The van der Waals surface area contributed by atoms with Gasteiger partial charge in [-0.25, -0.2) is 0 Å². The first-order valence-electron chi connectivity index (χ1n) is 20.7. The van der Waals surface area contributed by atoms with Crippen LogP contribution in [0.25, 0.3) is 0 Å². The van der Waals surface area contributed by atoms with Crippen molar-refractivity contribution in [1.29, 1.82) is 10.5 Å². The van der Waals surface area contributed by atoms with Crippen LogP contribution in [-0.2, 0) is 15.0 Å². The van der Waals surface area contributed by atoms with Gasteiger partial charge in [0.25, 0.3) is 0 Å². The van der Waals surface area contributed by atoms with Crippen molar-refractivity contribution in [2.24, 2.45) is 23.7 Å². The predicted octanol–water partition coefficient (Wildman–Crippen LogP) is 11.8. The number of nitriles is 2. The van der Waals surface area contributed by atoms with E-state index in [0.717, 1.165) is 62.5 Å². The molecule has 1 spiro atoms. The van der Waals surface area contributed by atoms with Crippen LogP contribution in [0.5, 0.6) is 11.5 Å². The average molecular weight is 769 g/mol. The highest BCUT2D eigenvalue weighted by molar-refractivity contribution is 8.24. The van der Waals surface area contributed by atoms with Crippen molar-refractivity contribution in [3.05, 3.63) is 91.7 Å². The van der Waals surface area contributed by atoms with Gasteiger partial charge in [0, 0.05) is 28.4 Å². The number of unbranched alkanes of at least 4 members (excludes halogenated alkanes) is 2. The van der Waals surface area contributed by atoms with Gasteiger partial charge in [0.15, 0.2) is 0 Å². The Hall–Kier alpha value is -3.98. The zero-order valence-corrected chi connectivity index (χ0v) is 33.5. The van der Waals surface area contributed by atoms with Crippen LogP contribution in [0, 0.1) is 46.3 Å². The molecule has 9 rings (SSSR count). The molecule has 0 aromatic heterocycles. The predicted molar refractivity (Wildman–Crippen MR) is 215 cm³/mol. The standard InChI is InChI=1S/C47H48N2O4S2/c1-3-5-11-27-17-21-29(22-18-27)44(50)52-40-36-37(39-33-14-8-10-16-35(33)47(39)34-15-9-7-13-32(34)38(36)47)41(43-42(40)54-46(55-43)31(25-48)26-49)53-45(51)30-23-19-28(20-24-30)12-6-4-2/h7-10,13-16,27-30,38-39H,3-6,11-12,17-24H2,1-2H3. The van der Waals surface area contributed by atoms with Crippen LogP contribution in [-0.4, -0.2) is 11.9 Å². The molecule has 5 aliphatic carbocycles. The third-order valence-corrected chi connectivity index (χ3v) is 16.4. The van der Waals surface area contributed by atoms with Gasteiger partial charge in [-0.1, -0.05) is 124 Å². The Balaban J connectivity index is 1.17. The van der Waals surface area contributed by atoms with Crippen LogP contribution < -0.4 is 9.47 Å². The molecule has 0 radical (unpaired) electrons. The number of hydrogen-bond acceptors (Lipinski definition) is 8. The van der Waals surface area contributed by atoms with E-state index in [1.807, 2.05) is 0 Å². The Morgan fingerprint density at radius 2 is 1.09 bits per heavy atom. The number of ether oxygens (including phenoxy) is 2. The van der Waals surface area contributed by atoms with Gasteiger partial charge < -0.3 is 9.47 Å². The van der Waals surface area contributed by atoms with E-state index < -0.39 is 0 Å². The smallest absolute Gasteiger partial charge is 0.314 e. The summed E-state index contributed by atoms with van der Waals surface area (Å²) in [6.07, 6.45) is 14.7. The summed E-state index contributed by atoms with van der Waals surface area (Å²) >= 11 is 2.62. The van der Waals surface area contributed by atoms with Gasteiger partial charge in [-0.2, -0.15) is 10.5 Å². The van der Waals surface area contributed by atoms with Crippen LogP contribution in [0.4, 0.5) is 0 Å². The number of benzene rings is 3. The monoisotopic (exact) mass is 768 g/mol. The molecule has 1 aliphatic heterocycles. The summed E-state index contributed by atoms with van der Waals surface area (Å²) in [6.45, 7) is 4.46. The number of carbonyl (C=O) groups is 2. The molecule has 2 fully saturated rings. The Morgan fingerprint density at radius 1 is 0.673 bits per heavy atom. The van der Waals surface area contributed by atoms with Gasteiger partial charge in [0.2, 0.25) is 0 Å². The second kappa shape index (κ2) is 14.8. The highest BCUT2D eigenvalue weighted by atomic mass is 32.2. The van der Waals surface area contributed by atoms with E-state index in [-0.39, 0.29) is 46.6 Å². The van der Waals surface area contributed by atoms with Crippen LogP contribution in [0.1, 0.15) is 149 Å². The van der Waals surface area contributed by atoms with E-state index in [9.17, 15) is 20.1 Å². The lowest BCUT2D eigenvalue weighted by molar-refractivity contribution is -0.141. The van der Waals surface area contributed by atoms with Crippen molar-refractivity contribution < 1.29 is 19.1 Å². The molecule has 2 atom stereocenters. The second-order valence-electron chi connectivity index (χ2n) is 16.7. The number of fused-ring (bicyclic) bond motifs is 8. The Morgan fingerprint density at radius 3 is 1.49 bits per heavy atom. The molecule has 2 saturated carbocycles. The quantitative estimate of drug-likeness (QED) is 0.114. The minimum absolute atomic E-state index is 0.00837. The van der Waals surface area contributed by atoms with Gasteiger partial charge in [0.05, 0.1) is 25.9 Å². The number of esters is 2. The van der Waals surface area contributed by atoms with Gasteiger partial charge in [-0.05, 0) is 85.5 Å². The fourth-order valence-corrected chi connectivity index (χ4v) is 13.6. The van der Waals surface area contributed by atoms with E-state index in [1.54, 1.807) is 0 Å². The molecular weight excluding hydrogens is 721 g/mol. The summed E-state index contributed by atoms with van der Waals surface area (Å²) in [5.41, 5.74) is 6.50. The number of rotatable bonds is 10. The number of hydrogen-bond donors (Lipinski definition) is 0. The average Bonchev–Trinajstić information content (AvgIpc) is 3.74. The number of carbonyl (C=O) groups excluding carboxylic acids is 2. The number of allylic oxidation sites excluding steroid dienone is 1. The summed E-state index contributed by atoms with van der Waals surface area (Å²) in [6, 6.07) is 21.4. The third kappa shape index (κ3) is 5.72. The molecule has 6 aliphatic rings. The van der Waals surface area contributed by atoms with Crippen LogP contribution >= 0.6 is 23.5 Å². The SMILES string of the molecule is CCCCC1CCC(C(=O)Oc2c3c(c(OC(=O)C4CCC(CCCC)CC4)c4c2C2c5ccccc5C25c2ccccc2C45)SC(=C(C#N)C#N)S3)CC1. The fourth-order valence-electron chi connectivity index (χ4n) is 11.1. The molecule has 0 bridgehead atoms. The van der Waals surface area contributed by atoms with E-state index in [4.69, 9.17) is 9.47 Å².